The molecular formula is C28H46N6O5. The van der Waals surface area contributed by atoms with Gasteiger partial charge in [0.1, 0.15) is 5.75 Å². The Morgan fingerprint density at radius 1 is 1.28 bits per heavy atom. The molecule has 0 radical (unpaired) electrons. The van der Waals surface area contributed by atoms with E-state index >= 15 is 0 Å². The van der Waals surface area contributed by atoms with E-state index in [9.17, 15) is 14.4 Å². The minimum absolute atomic E-state index is 0.0202. The van der Waals surface area contributed by atoms with Crippen molar-refractivity contribution in [3.8, 4) is 5.75 Å². The Bertz CT molecular complexity index is 985. The van der Waals surface area contributed by atoms with Crippen LogP contribution in [0.25, 0.3) is 0 Å². The number of methoxy groups -OCH3 is 1. The first-order chi connectivity index (χ1) is 18.4. The molecule has 39 heavy (non-hydrogen) atoms. The van der Waals surface area contributed by atoms with Crippen LogP contribution in [-0.2, 0) is 14.3 Å². The number of nitrogens with one attached hydrogen (secondary N) is 3. The molecule has 1 aliphatic heterocycles. The highest BCUT2D eigenvalue weighted by Crippen LogP contribution is 2.36. The van der Waals surface area contributed by atoms with E-state index in [0.29, 0.717) is 30.8 Å². The van der Waals surface area contributed by atoms with Crippen LogP contribution >= 0.6 is 0 Å². The lowest BCUT2D eigenvalue weighted by Crippen LogP contribution is -2.52. The van der Waals surface area contributed by atoms with Gasteiger partial charge in [0.05, 0.1) is 25.4 Å². The number of amides is 3. The van der Waals surface area contributed by atoms with Crippen molar-refractivity contribution in [3.05, 3.63) is 24.3 Å². The standard InChI is InChI=1S/C28H46N6O5/c1-7-8-13-31-26(36)19(18(2)3)14-20(29)21(33-30)15-28(4,5)16-25(35)34-17-24(32-27(37)38-6)39-23-12-10-9-11-22(23)34/h9-12,18-21,24,30H,7-8,13-17,29H2,1-6H3,(H,31,36)(H,32,37)/t19-,20-,21-,24+/m0/s1. The van der Waals surface area contributed by atoms with Crippen LogP contribution in [0.4, 0.5) is 10.5 Å². The molecule has 0 unspecified atom stereocenters. The summed E-state index contributed by atoms with van der Waals surface area (Å²) in [5.41, 5.74) is 14.4. The molecular weight excluding hydrogens is 500 g/mol. The highest BCUT2D eigenvalue weighted by molar-refractivity contribution is 5.95. The number of alkyl carbamates (subject to hydrolysis) is 1. The molecule has 1 aromatic rings. The average molecular weight is 547 g/mol. The smallest absolute Gasteiger partial charge is 0.409 e. The molecule has 0 spiro atoms. The molecule has 11 nitrogen and oxygen atoms in total. The van der Waals surface area contributed by atoms with Crippen molar-refractivity contribution in [1.29, 1.82) is 5.53 Å². The topological polar surface area (TPSA) is 159 Å². The number of carbonyl (C=O) groups excluding carboxylic acids is 3. The maximum Gasteiger partial charge on any atom is 0.409 e. The molecule has 1 aliphatic rings. The number of fused-ring (bicyclic) bond motifs is 1. The Morgan fingerprint density at radius 3 is 2.59 bits per heavy atom. The third-order valence-corrected chi connectivity index (χ3v) is 7.09. The third kappa shape index (κ3) is 9.49. The number of anilines is 1. The maximum absolute atomic E-state index is 13.6. The van der Waals surface area contributed by atoms with E-state index in [1.807, 2.05) is 33.8 Å². The Morgan fingerprint density at radius 2 is 1.97 bits per heavy atom. The predicted octanol–water partition coefficient (Wildman–Crippen LogP) is 4.21. The van der Waals surface area contributed by atoms with E-state index in [1.54, 1.807) is 23.1 Å². The molecule has 11 heteroatoms. The average Bonchev–Trinajstić information content (AvgIpc) is 2.89. The van der Waals surface area contributed by atoms with Crippen molar-refractivity contribution in [2.45, 2.75) is 85.0 Å². The first-order valence-electron chi connectivity index (χ1n) is 13.7. The number of nitrogens with two attached hydrogens (primary N) is 1. The summed E-state index contributed by atoms with van der Waals surface area (Å²) in [4.78, 5) is 39.7. The van der Waals surface area contributed by atoms with Crippen LogP contribution in [0.3, 0.4) is 0 Å². The van der Waals surface area contributed by atoms with E-state index in [4.69, 9.17) is 16.0 Å². The fourth-order valence-electron chi connectivity index (χ4n) is 4.82. The molecule has 0 aromatic heterocycles. The predicted molar refractivity (Wildman–Crippen MR) is 150 cm³/mol. The first kappa shape index (κ1) is 32.0. The summed E-state index contributed by atoms with van der Waals surface area (Å²) in [5, 5.41) is 9.42. The van der Waals surface area contributed by atoms with Gasteiger partial charge in [-0.15, -0.1) is 0 Å². The normalized spacial score (nSPS) is 17.3. The summed E-state index contributed by atoms with van der Waals surface area (Å²) in [5.74, 6) is 0.115. The zero-order valence-electron chi connectivity index (χ0n) is 24.2. The molecule has 0 fully saturated rings. The van der Waals surface area contributed by atoms with Crippen molar-refractivity contribution in [2.75, 3.05) is 25.1 Å². The van der Waals surface area contributed by atoms with Crippen molar-refractivity contribution in [3.63, 3.8) is 0 Å². The number of ether oxygens (including phenoxy) is 2. The largest absolute Gasteiger partial charge is 0.466 e. The summed E-state index contributed by atoms with van der Waals surface area (Å²) >= 11 is 0. The zero-order chi connectivity index (χ0) is 29.2. The molecule has 0 aliphatic carbocycles. The number of benzene rings is 1. The zero-order valence-corrected chi connectivity index (χ0v) is 24.2. The monoisotopic (exact) mass is 546 g/mol. The van der Waals surface area contributed by atoms with Crippen molar-refractivity contribution in [1.82, 2.24) is 10.6 Å². The second kappa shape index (κ2) is 14.8. The number of unbranched alkanes of at least 4 members (excludes halogenated alkanes) is 1. The van der Waals surface area contributed by atoms with Crippen LogP contribution in [0.15, 0.2) is 29.4 Å². The van der Waals surface area contributed by atoms with Gasteiger partial charge in [0, 0.05) is 24.9 Å². The van der Waals surface area contributed by atoms with Gasteiger partial charge in [0.25, 0.3) is 0 Å². The fraction of sp³-hybridized carbons (Fsp3) is 0.679. The van der Waals surface area contributed by atoms with Gasteiger partial charge in [-0.1, -0.05) is 53.2 Å². The number of hydrogen-bond donors (Lipinski definition) is 4. The maximum atomic E-state index is 13.6. The van der Waals surface area contributed by atoms with Gasteiger partial charge in [-0.25, -0.2) is 10.3 Å². The van der Waals surface area contributed by atoms with Crippen LogP contribution in [-0.4, -0.2) is 56.4 Å². The Kier molecular flexibility index (Phi) is 12.2. The molecule has 0 bridgehead atoms. The summed E-state index contributed by atoms with van der Waals surface area (Å²) in [6, 6.07) is 6.11. The molecule has 5 N–H and O–H groups in total. The van der Waals surface area contributed by atoms with Crippen LogP contribution < -0.4 is 26.0 Å². The van der Waals surface area contributed by atoms with Crippen LogP contribution in [0.5, 0.6) is 5.75 Å². The van der Waals surface area contributed by atoms with Crippen LogP contribution in [0, 0.1) is 22.8 Å². The SMILES string of the molecule is CCCCNC(=O)[C@@H](C[C@H](N)[C@H](CC(C)(C)CC(=O)N1C[C@H](NC(=O)OC)Oc2ccccc21)N=N)C(C)C. The van der Waals surface area contributed by atoms with Crippen molar-refractivity contribution in [2.24, 2.45) is 28.1 Å². The Labute approximate surface area is 232 Å². The van der Waals surface area contributed by atoms with Crippen LogP contribution in [0.1, 0.15) is 66.7 Å². The summed E-state index contributed by atoms with van der Waals surface area (Å²) in [6.45, 7) is 10.7. The highest BCUT2D eigenvalue weighted by atomic mass is 16.6. The van der Waals surface area contributed by atoms with Crippen molar-refractivity contribution >= 4 is 23.6 Å². The molecule has 218 valence electrons. The van der Waals surface area contributed by atoms with E-state index in [0.717, 1.165) is 12.8 Å². The van der Waals surface area contributed by atoms with Gasteiger partial charge in [-0.2, -0.15) is 5.11 Å². The molecule has 4 atom stereocenters. The summed E-state index contributed by atoms with van der Waals surface area (Å²) < 4.78 is 10.5. The molecule has 1 aromatic carbocycles. The molecule has 3 amide bonds. The molecule has 2 rings (SSSR count). The minimum Gasteiger partial charge on any atom is -0.466 e. The van der Waals surface area contributed by atoms with E-state index in [-0.39, 0.29) is 36.6 Å². The fourth-order valence-corrected chi connectivity index (χ4v) is 4.82. The van der Waals surface area contributed by atoms with Gasteiger partial charge in [-0.05, 0) is 42.7 Å². The van der Waals surface area contributed by atoms with E-state index < -0.39 is 29.8 Å². The Hall–Kier alpha value is -3.21. The number of hydrogen-bond acceptors (Lipinski definition) is 8. The summed E-state index contributed by atoms with van der Waals surface area (Å²) in [6.07, 6.45) is 1.48. The number of carbonyl (C=O) groups is 3. The van der Waals surface area contributed by atoms with Gasteiger partial charge >= 0.3 is 6.09 Å². The lowest BCUT2D eigenvalue weighted by molar-refractivity contribution is -0.126. The van der Waals surface area contributed by atoms with Crippen molar-refractivity contribution < 1.29 is 23.9 Å². The number of rotatable bonds is 14. The quantitative estimate of drug-likeness (QED) is 0.202. The first-order valence-corrected chi connectivity index (χ1v) is 13.7. The number of nitrogens with zero attached hydrogens (tertiary/aromatic N) is 2. The highest BCUT2D eigenvalue weighted by Gasteiger charge is 2.36. The molecule has 0 saturated carbocycles. The second-order valence-electron chi connectivity index (χ2n) is 11.4. The Balaban J connectivity index is 2.10. The lowest BCUT2D eigenvalue weighted by atomic mass is 9.78. The van der Waals surface area contributed by atoms with Gasteiger partial charge in [-0.3, -0.25) is 14.9 Å². The minimum atomic E-state index is -0.764. The van der Waals surface area contributed by atoms with E-state index in [1.165, 1.54) is 7.11 Å². The van der Waals surface area contributed by atoms with Gasteiger partial charge in [0.15, 0.2) is 6.23 Å². The lowest BCUT2D eigenvalue weighted by Gasteiger charge is -2.37. The molecule has 0 saturated heterocycles. The molecule has 1 heterocycles. The van der Waals surface area contributed by atoms with E-state index in [2.05, 4.69) is 27.4 Å². The van der Waals surface area contributed by atoms with Gasteiger partial charge < -0.3 is 25.4 Å². The second-order valence-corrected chi connectivity index (χ2v) is 11.4. The summed E-state index contributed by atoms with van der Waals surface area (Å²) in [7, 11) is 1.26. The van der Waals surface area contributed by atoms with Gasteiger partial charge in [0.2, 0.25) is 11.8 Å². The van der Waals surface area contributed by atoms with Crippen LogP contribution in [0.2, 0.25) is 0 Å². The number of para-hydroxylation sites is 2. The third-order valence-electron chi connectivity index (χ3n) is 7.09.